The maximum Gasteiger partial charge on any atom is 0.339 e. The van der Waals surface area contributed by atoms with Crippen LogP contribution in [0, 0.1) is 0 Å². The molecule has 0 fully saturated rings. The van der Waals surface area contributed by atoms with E-state index in [1.165, 1.54) is 0 Å². The van der Waals surface area contributed by atoms with Crippen LogP contribution in [0.2, 0.25) is 10.0 Å². The van der Waals surface area contributed by atoms with Crippen LogP contribution in [0.25, 0.3) is 0 Å². The summed E-state index contributed by atoms with van der Waals surface area (Å²) in [7, 11) is 1.64. The molecule has 2 aliphatic heterocycles. The van der Waals surface area contributed by atoms with Crippen LogP contribution in [0.15, 0.2) is 24.3 Å². The predicted octanol–water partition coefficient (Wildman–Crippen LogP) is 4.68. The molecule has 0 aromatic heterocycles. The first-order valence-electron chi connectivity index (χ1n) is 9.56. The second-order valence-electron chi connectivity index (χ2n) is 7.95. The van der Waals surface area contributed by atoms with Gasteiger partial charge in [0.15, 0.2) is 6.29 Å². The fraction of sp³-hybridized carbons (Fsp3) is 0.381. The molecule has 0 saturated heterocycles. The molecule has 2 aliphatic rings. The third-order valence-corrected chi connectivity index (χ3v) is 5.86. The third kappa shape index (κ3) is 3.62. The van der Waals surface area contributed by atoms with E-state index in [9.17, 15) is 9.90 Å². The average molecular weight is 452 g/mol. The molecule has 0 aliphatic carbocycles. The highest BCUT2D eigenvalue weighted by Crippen LogP contribution is 2.50. The van der Waals surface area contributed by atoms with E-state index in [4.69, 9.17) is 32.7 Å². The lowest BCUT2D eigenvalue weighted by atomic mass is 9.97. The van der Waals surface area contributed by atoms with Gasteiger partial charge in [-0.05, 0) is 32.0 Å². The van der Waals surface area contributed by atoms with Crippen molar-refractivity contribution >= 4 is 46.2 Å². The standard InChI is InChI=1S/C21H23Cl2N3O4/c1-21(2)10-12-17-15(9-11(19(27)28)18(12)30-21)24-20(26(17)7-8-29-3)25-16-13(22)5-4-6-14(16)23/h4-6,9,20,24-25H,7-8,10H2,1-3H3,(H,27,28). The van der Waals surface area contributed by atoms with Crippen molar-refractivity contribution in [3.63, 3.8) is 0 Å². The molecule has 2 heterocycles. The Morgan fingerprint density at radius 1 is 1.40 bits per heavy atom. The number of methoxy groups -OCH3 is 1. The van der Waals surface area contributed by atoms with Crippen molar-refractivity contribution in [2.24, 2.45) is 0 Å². The zero-order chi connectivity index (χ0) is 21.6. The molecule has 1 atom stereocenters. The molecule has 1 unspecified atom stereocenters. The summed E-state index contributed by atoms with van der Waals surface area (Å²) in [6.07, 6.45) is 0.195. The van der Waals surface area contributed by atoms with E-state index in [1.807, 2.05) is 13.8 Å². The molecule has 160 valence electrons. The molecule has 4 rings (SSSR count). The lowest BCUT2D eigenvalue weighted by molar-refractivity contribution is 0.0685. The first-order chi connectivity index (χ1) is 14.2. The van der Waals surface area contributed by atoms with Crippen LogP contribution in [0.5, 0.6) is 5.75 Å². The Bertz CT molecular complexity index is 992. The molecule has 7 nitrogen and oxygen atoms in total. The number of anilines is 3. The molecule has 3 N–H and O–H groups in total. The van der Waals surface area contributed by atoms with Gasteiger partial charge in [-0.2, -0.15) is 0 Å². The lowest BCUT2D eigenvalue weighted by Crippen LogP contribution is -2.44. The molecule has 0 spiro atoms. The van der Waals surface area contributed by atoms with Gasteiger partial charge in [-0.15, -0.1) is 0 Å². The fourth-order valence-corrected chi connectivity index (χ4v) is 4.50. The van der Waals surface area contributed by atoms with Gasteiger partial charge in [0.1, 0.15) is 16.9 Å². The Morgan fingerprint density at radius 3 is 2.73 bits per heavy atom. The molecule has 2 aromatic rings. The van der Waals surface area contributed by atoms with Crippen LogP contribution in [-0.2, 0) is 11.2 Å². The Balaban J connectivity index is 1.79. The first kappa shape index (κ1) is 20.9. The minimum atomic E-state index is -1.03. The number of para-hydroxylation sites is 1. The van der Waals surface area contributed by atoms with Crippen LogP contribution in [0.1, 0.15) is 29.8 Å². The maximum absolute atomic E-state index is 11.9. The number of nitrogens with zero attached hydrogens (tertiary/aromatic N) is 1. The summed E-state index contributed by atoms with van der Waals surface area (Å²) < 4.78 is 11.3. The van der Waals surface area contributed by atoms with E-state index in [2.05, 4.69) is 15.5 Å². The first-order valence-corrected chi connectivity index (χ1v) is 10.3. The largest absolute Gasteiger partial charge is 0.486 e. The maximum atomic E-state index is 11.9. The lowest BCUT2D eigenvalue weighted by Gasteiger charge is -2.29. The zero-order valence-corrected chi connectivity index (χ0v) is 18.4. The van der Waals surface area contributed by atoms with Crippen molar-refractivity contribution in [1.29, 1.82) is 0 Å². The Labute approximate surface area is 184 Å². The summed E-state index contributed by atoms with van der Waals surface area (Å²) in [6.45, 7) is 4.95. The number of halogens is 2. The molecule has 9 heteroatoms. The molecular formula is C21H23Cl2N3O4. The molecule has 0 bridgehead atoms. The number of benzene rings is 2. The summed E-state index contributed by atoms with van der Waals surface area (Å²) in [5.74, 6) is -0.602. The smallest absolute Gasteiger partial charge is 0.339 e. The van der Waals surface area contributed by atoms with Crippen molar-refractivity contribution in [2.45, 2.75) is 32.2 Å². The predicted molar refractivity (Wildman–Crippen MR) is 119 cm³/mol. The molecule has 0 saturated carbocycles. The molecule has 0 radical (unpaired) electrons. The van der Waals surface area contributed by atoms with E-state index in [0.29, 0.717) is 46.7 Å². The quantitative estimate of drug-likeness (QED) is 0.587. The normalized spacial score (nSPS) is 18.4. The second kappa shape index (κ2) is 7.72. The number of ether oxygens (including phenoxy) is 2. The van der Waals surface area contributed by atoms with Crippen molar-refractivity contribution in [3.05, 3.63) is 45.4 Å². The number of nitrogens with one attached hydrogen (secondary N) is 2. The minimum Gasteiger partial charge on any atom is -0.486 e. The highest BCUT2D eigenvalue weighted by atomic mass is 35.5. The Morgan fingerprint density at radius 2 is 2.10 bits per heavy atom. The molecule has 2 aromatic carbocycles. The average Bonchev–Trinajstić information content (AvgIpc) is 3.17. The Hall–Kier alpha value is -2.35. The number of carboxylic acids is 1. The van der Waals surface area contributed by atoms with E-state index in [-0.39, 0.29) is 5.56 Å². The van der Waals surface area contributed by atoms with Crippen LogP contribution < -0.4 is 20.3 Å². The number of rotatable bonds is 6. The SMILES string of the molecule is COCCN1c2c(cc(C(=O)O)c3c2CC(C)(C)O3)NC1Nc1c(Cl)cccc1Cl. The molecular weight excluding hydrogens is 429 g/mol. The summed E-state index contributed by atoms with van der Waals surface area (Å²) in [5, 5.41) is 17.4. The van der Waals surface area contributed by atoms with Gasteiger partial charge >= 0.3 is 5.97 Å². The summed E-state index contributed by atoms with van der Waals surface area (Å²) >= 11 is 12.7. The fourth-order valence-electron chi connectivity index (χ4n) is 4.00. The summed E-state index contributed by atoms with van der Waals surface area (Å²) in [4.78, 5) is 14.0. The van der Waals surface area contributed by atoms with Gasteiger partial charge < -0.3 is 30.1 Å². The number of hydrogen-bond acceptors (Lipinski definition) is 6. The zero-order valence-electron chi connectivity index (χ0n) is 16.9. The van der Waals surface area contributed by atoms with Gasteiger partial charge in [0.05, 0.1) is 33.7 Å². The second-order valence-corrected chi connectivity index (χ2v) is 8.76. The van der Waals surface area contributed by atoms with Crippen LogP contribution in [0.4, 0.5) is 17.1 Å². The van der Waals surface area contributed by atoms with Gasteiger partial charge in [-0.1, -0.05) is 29.3 Å². The van der Waals surface area contributed by atoms with Crippen molar-refractivity contribution in [3.8, 4) is 5.75 Å². The third-order valence-electron chi connectivity index (χ3n) is 5.23. The minimum absolute atomic E-state index is 0.143. The van der Waals surface area contributed by atoms with E-state index >= 15 is 0 Å². The topological polar surface area (TPSA) is 83.1 Å². The van der Waals surface area contributed by atoms with Crippen molar-refractivity contribution in [1.82, 2.24) is 0 Å². The number of carbonyl (C=O) groups is 1. The van der Waals surface area contributed by atoms with Gasteiger partial charge in [-0.3, -0.25) is 0 Å². The number of fused-ring (bicyclic) bond motifs is 3. The van der Waals surface area contributed by atoms with Gasteiger partial charge in [0.2, 0.25) is 0 Å². The van der Waals surface area contributed by atoms with Crippen molar-refractivity contribution in [2.75, 3.05) is 35.8 Å². The number of hydrogen-bond donors (Lipinski definition) is 3. The van der Waals surface area contributed by atoms with Crippen LogP contribution in [-0.4, -0.2) is 43.2 Å². The highest BCUT2D eigenvalue weighted by Gasteiger charge is 2.41. The number of carboxylic acid groups (broad SMARTS) is 1. The molecule has 0 amide bonds. The van der Waals surface area contributed by atoms with Gasteiger partial charge in [0.25, 0.3) is 0 Å². The number of aromatic carboxylic acids is 1. The van der Waals surface area contributed by atoms with E-state index in [0.717, 1.165) is 11.3 Å². The Kier molecular flexibility index (Phi) is 5.38. The van der Waals surface area contributed by atoms with Gasteiger partial charge in [-0.25, -0.2) is 4.79 Å². The van der Waals surface area contributed by atoms with Crippen LogP contribution in [0.3, 0.4) is 0 Å². The van der Waals surface area contributed by atoms with E-state index in [1.54, 1.807) is 31.4 Å². The summed E-state index contributed by atoms with van der Waals surface area (Å²) in [5.41, 5.74) is 2.73. The molecule has 30 heavy (non-hydrogen) atoms. The van der Waals surface area contributed by atoms with Crippen molar-refractivity contribution < 1.29 is 19.4 Å². The van der Waals surface area contributed by atoms with Crippen LogP contribution >= 0.6 is 23.2 Å². The van der Waals surface area contributed by atoms with E-state index < -0.39 is 17.9 Å². The highest BCUT2D eigenvalue weighted by molar-refractivity contribution is 6.39. The van der Waals surface area contributed by atoms with Gasteiger partial charge in [0, 0.05) is 25.6 Å². The monoisotopic (exact) mass is 451 g/mol. The summed E-state index contributed by atoms with van der Waals surface area (Å²) in [6, 6.07) is 6.91.